The molecule has 0 bridgehead atoms. The lowest BCUT2D eigenvalue weighted by Crippen LogP contribution is -2.37. The van der Waals surface area contributed by atoms with Crippen molar-refractivity contribution in [3.8, 4) is 0 Å². The molecule has 108 valence electrons. The van der Waals surface area contributed by atoms with E-state index in [9.17, 15) is 0 Å². The second-order valence-electron chi connectivity index (χ2n) is 4.99. The van der Waals surface area contributed by atoms with Crippen LogP contribution in [0.3, 0.4) is 0 Å². The largest absolute Gasteiger partial charge is 0.316 e. The van der Waals surface area contributed by atoms with Gasteiger partial charge in [0.15, 0.2) is 0 Å². The lowest BCUT2D eigenvalue weighted by molar-refractivity contribution is 0.418. The fraction of sp³-hybridized carbons (Fsp3) is 0.214. The highest BCUT2D eigenvalue weighted by Gasteiger charge is 2.48. The first-order valence-electron chi connectivity index (χ1n) is 6.62. The van der Waals surface area contributed by atoms with E-state index in [1.165, 1.54) is 0 Å². The van der Waals surface area contributed by atoms with Crippen LogP contribution in [0, 0.1) is 0 Å². The first-order chi connectivity index (χ1) is 10.7. The lowest BCUT2D eigenvalue weighted by Gasteiger charge is -2.29. The maximum Gasteiger partial charge on any atom is 0.133 e. The number of rotatable bonds is 3. The maximum absolute atomic E-state index is 8.95. The molecule has 2 heterocycles. The number of azide groups is 2. The number of fused-ring (bicyclic) bond motifs is 1. The van der Waals surface area contributed by atoms with Gasteiger partial charge in [-0.15, -0.1) is 0 Å². The number of anilines is 2. The third-order valence-corrected chi connectivity index (χ3v) is 3.77. The smallest absolute Gasteiger partial charge is 0.133 e. The van der Waals surface area contributed by atoms with Crippen LogP contribution in [0.5, 0.6) is 0 Å². The van der Waals surface area contributed by atoms with Gasteiger partial charge in [-0.05, 0) is 41.7 Å². The topological polar surface area (TPSA) is 114 Å². The van der Waals surface area contributed by atoms with Gasteiger partial charge >= 0.3 is 0 Å². The normalized spacial score (nSPS) is 22.4. The lowest BCUT2D eigenvalue weighted by atomic mass is 9.93. The molecule has 8 heteroatoms. The summed E-state index contributed by atoms with van der Waals surface area (Å²) in [6, 6.07) is 13.0. The minimum absolute atomic E-state index is 0.629. The SMILES string of the molecule is CC1(N=[N+]=[N-])c2ccccc2N(c2ccccn2)C1N=[N+]=[N-]. The van der Waals surface area contributed by atoms with Gasteiger partial charge in [0.25, 0.3) is 0 Å². The van der Waals surface area contributed by atoms with Gasteiger partial charge in [0.05, 0.1) is 5.54 Å². The summed E-state index contributed by atoms with van der Waals surface area (Å²) in [5.74, 6) is 0.629. The average molecular weight is 292 g/mol. The molecule has 3 rings (SSSR count). The van der Waals surface area contributed by atoms with Gasteiger partial charge in [0, 0.05) is 21.7 Å². The highest BCUT2D eigenvalue weighted by Crippen LogP contribution is 2.49. The number of pyridine rings is 1. The van der Waals surface area contributed by atoms with Crippen LogP contribution in [-0.4, -0.2) is 11.1 Å². The molecule has 0 N–H and O–H groups in total. The molecule has 2 aromatic rings. The Morgan fingerprint density at radius 3 is 2.59 bits per heavy atom. The first kappa shape index (κ1) is 13.8. The molecule has 0 spiro atoms. The molecule has 0 saturated heterocycles. The Kier molecular flexibility index (Phi) is 3.31. The Labute approximate surface area is 126 Å². The molecule has 22 heavy (non-hydrogen) atoms. The Morgan fingerprint density at radius 2 is 1.91 bits per heavy atom. The van der Waals surface area contributed by atoms with Gasteiger partial charge in [-0.1, -0.05) is 34.5 Å². The monoisotopic (exact) mass is 292 g/mol. The van der Waals surface area contributed by atoms with Crippen molar-refractivity contribution in [2.75, 3.05) is 4.90 Å². The minimum atomic E-state index is -1.00. The van der Waals surface area contributed by atoms with Gasteiger partial charge in [-0.3, -0.25) is 0 Å². The molecule has 0 amide bonds. The minimum Gasteiger partial charge on any atom is -0.316 e. The number of hydrogen-bond acceptors (Lipinski definition) is 4. The van der Waals surface area contributed by atoms with E-state index in [-0.39, 0.29) is 0 Å². The van der Waals surface area contributed by atoms with Crippen LogP contribution in [0.15, 0.2) is 58.9 Å². The first-order valence-corrected chi connectivity index (χ1v) is 6.62. The van der Waals surface area contributed by atoms with E-state index in [1.807, 2.05) is 36.4 Å². The highest BCUT2D eigenvalue weighted by atomic mass is 15.4. The van der Waals surface area contributed by atoms with Crippen LogP contribution in [0.25, 0.3) is 20.9 Å². The summed E-state index contributed by atoms with van der Waals surface area (Å²) < 4.78 is 0. The van der Waals surface area contributed by atoms with Crippen LogP contribution in [0.4, 0.5) is 11.5 Å². The van der Waals surface area contributed by atoms with E-state index < -0.39 is 11.7 Å². The molecule has 0 radical (unpaired) electrons. The molecule has 1 aliphatic rings. The van der Waals surface area contributed by atoms with Crippen molar-refractivity contribution in [2.24, 2.45) is 10.2 Å². The second-order valence-corrected chi connectivity index (χ2v) is 4.99. The summed E-state index contributed by atoms with van der Waals surface area (Å²) >= 11 is 0. The summed E-state index contributed by atoms with van der Waals surface area (Å²) in [6.45, 7) is 1.76. The number of aromatic nitrogens is 1. The number of benzene rings is 1. The molecule has 0 aliphatic carbocycles. The third kappa shape index (κ3) is 1.91. The molecule has 2 atom stereocenters. The predicted octanol–water partition coefficient (Wildman–Crippen LogP) is 4.40. The van der Waals surface area contributed by atoms with Gasteiger partial charge in [-0.2, -0.15) is 0 Å². The van der Waals surface area contributed by atoms with Crippen molar-refractivity contribution in [3.63, 3.8) is 0 Å². The predicted molar refractivity (Wildman–Crippen MR) is 82.3 cm³/mol. The van der Waals surface area contributed by atoms with E-state index >= 15 is 0 Å². The maximum atomic E-state index is 8.95. The van der Waals surface area contributed by atoms with Gasteiger partial charge in [-0.25, -0.2) is 4.98 Å². The Morgan fingerprint density at radius 1 is 1.14 bits per heavy atom. The van der Waals surface area contributed by atoms with Gasteiger partial charge in [0.2, 0.25) is 0 Å². The van der Waals surface area contributed by atoms with Crippen molar-refractivity contribution in [2.45, 2.75) is 18.6 Å². The van der Waals surface area contributed by atoms with Gasteiger partial charge < -0.3 is 4.90 Å². The van der Waals surface area contributed by atoms with E-state index in [0.717, 1.165) is 11.3 Å². The van der Waals surface area contributed by atoms with E-state index in [2.05, 4.69) is 25.0 Å². The fourth-order valence-electron chi connectivity index (χ4n) is 2.79. The molecular weight excluding hydrogens is 280 g/mol. The summed E-state index contributed by atoms with van der Waals surface area (Å²) in [5.41, 5.74) is 18.5. The fourth-order valence-corrected chi connectivity index (χ4v) is 2.79. The van der Waals surface area contributed by atoms with Crippen LogP contribution >= 0.6 is 0 Å². The van der Waals surface area contributed by atoms with Crippen molar-refractivity contribution in [1.82, 2.24) is 4.98 Å². The molecule has 0 fully saturated rings. The average Bonchev–Trinajstić information content (AvgIpc) is 2.79. The molecule has 1 aliphatic heterocycles. The summed E-state index contributed by atoms with van der Waals surface area (Å²) in [5, 5.41) is 7.79. The van der Waals surface area contributed by atoms with E-state index in [4.69, 9.17) is 11.1 Å². The summed E-state index contributed by atoms with van der Waals surface area (Å²) in [4.78, 5) is 12.0. The summed E-state index contributed by atoms with van der Waals surface area (Å²) in [6.07, 6.45) is 0.939. The van der Waals surface area contributed by atoms with E-state index in [0.29, 0.717) is 5.82 Å². The van der Waals surface area contributed by atoms with Gasteiger partial charge in [0.1, 0.15) is 12.0 Å². The van der Waals surface area contributed by atoms with Crippen molar-refractivity contribution >= 4 is 11.5 Å². The molecule has 0 saturated carbocycles. The van der Waals surface area contributed by atoms with Crippen LogP contribution < -0.4 is 4.90 Å². The zero-order valence-electron chi connectivity index (χ0n) is 11.8. The third-order valence-electron chi connectivity index (χ3n) is 3.77. The van der Waals surface area contributed by atoms with Crippen molar-refractivity contribution < 1.29 is 0 Å². The molecule has 2 unspecified atom stereocenters. The van der Waals surface area contributed by atoms with E-state index in [1.54, 1.807) is 24.1 Å². The number of hydrogen-bond donors (Lipinski definition) is 0. The Hall–Kier alpha value is -3.21. The van der Waals surface area contributed by atoms with Crippen LogP contribution in [-0.2, 0) is 5.54 Å². The Bertz CT molecular complexity index is 791. The zero-order valence-corrected chi connectivity index (χ0v) is 11.8. The molecule has 1 aromatic heterocycles. The highest BCUT2D eigenvalue weighted by molar-refractivity contribution is 5.72. The molecular formula is C14H12N8. The van der Waals surface area contributed by atoms with Crippen molar-refractivity contribution in [1.29, 1.82) is 0 Å². The van der Waals surface area contributed by atoms with Crippen LogP contribution in [0.1, 0.15) is 12.5 Å². The second kappa shape index (κ2) is 5.29. The summed E-state index contributed by atoms with van der Waals surface area (Å²) in [7, 11) is 0. The standard InChI is InChI=1S/C14H12N8/c1-14(19-21-16)10-6-2-3-7-11(10)22(13(14)18-20-15)12-8-4-5-9-17-12/h2-9,13H,1H3. The molecule has 8 nitrogen and oxygen atoms in total. The quantitative estimate of drug-likeness (QED) is 0.474. The Balaban J connectivity index is 2.29. The zero-order chi connectivity index (χ0) is 15.6. The van der Waals surface area contributed by atoms with Crippen molar-refractivity contribution in [3.05, 3.63) is 75.1 Å². The van der Waals surface area contributed by atoms with Crippen LogP contribution in [0.2, 0.25) is 0 Å². The molecule has 1 aromatic carbocycles. The number of para-hydroxylation sites is 1. The number of nitrogens with zero attached hydrogens (tertiary/aromatic N) is 8.